The lowest BCUT2D eigenvalue weighted by Gasteiger charge is -2.06. The van der Waals surface area contributed by atoms with Gasteiger partial charge in [0.05, 0.1) is 6.20 Å². The molecule has 92 valence electrons. The molecule has 0 amide bonds. The summed E-state index contributed by atoms with van der Waals surface area (Å²) in [5.41, 5.74) is 6.74. The van der Waals surface area contributed by atoms with Crippen LogP contribution in [0.4, 0.5) is 0 Å². The minimum Gasteiger partial charge on any atom is -0.423 e. The summed E-state index contributed by atoms with van der Waals surface area (Å²) in [6.45, 7) is 1.81. The van der Waals surface area contributed by atoms with Crippen molar-refractivity contribution >= 4 is 33.1 Å². The van der Waals surface area contributed by atoms with Gasteiger partial charge in [-0.15, -0.1) is 0 Å². The molecule has 0 saturated carbocycles. The summed E-state index contributed by atoms with van der Waals surface area (Å²) in [6, 6.07) is 3.66. The molecule has 0 spiro atoms. The van der Waals surface area contributed by atoms with Crippen LogP contribution < -0.4 is 10.5 Å². The van der Waals surface area contributed by atoms with Gasteiger partial charge in [0.15, 0.2) is 5.75 Å². The molecular weight excluding hydrogens is 316 g/mol. The zero-order valence-electron chi connectivity index (χ0n) is 9.42. The van der Waals surface area contributed by atoms with Crippen molar-refractivity contribution in [3.05, 3.63) is 40.4 Å². The molecule has 0 unspecified atom stereocenters. The van der Waals surface area contributed by atoms with Crippen LogP contribution in [0, 0.1) is 6.92 Å². The summed E-state index contributed by atoms with van der Waals surface area (Å²) in [6.07, 6.45) is 3.22. The molecule has 0 atom stereocenters. The average molecular weight is 325 g/mol. The van der Waals surface area contributed by atoms with Crippen molar-refractivity contribution in [3.8, 4) is 11.8 Å². The zero-order valence-corrected chi connectivity index (χ0v) is 11.8. The Morgan fingerprint density at radius 2 is 2.11 bits per heavy atom. The highest BCUT2D eigenvalue weighted by Gasteiger charge is 2.07. The Labute approximate surface area is 118 Å². The number of thiocarbonyl (C=S) groups is 1. The van der Waals surface area contributed by atoms with E-state index in [0.29, 0.717) is 11.4 Å². The van der Waals surface area contributed by atoms with E-state index < -0.39 is 0 Å². The Balaban J connectivity index is 2.31. The number of halogens is 1. The third-order valence-electron chi connectivity index (χ3n) is 1.98. The molecule has 0 radical (unpaired) electrons. The van der Waals surface area contributed by atoms with E-state index in [1.165, 1.54) is 0 Å². The van der Waals surface area contributed by atoms with Crippen LogP contribution in [0.5, 0.6) is 11.8 Å². The van der Waals surface area contributed by atoms with E-state index in [1.807, 2.05) is 6.92 Å². The molecule has 2 N–H and O–H groups in total. The van der Waals surface area contributed by atoms with E-state index in [9.17, 15) is 0 Å². The van der Waals surface area contributed by atoms with E-state index in [0.717, 1.165) is 10.2 Å². The Morgan fingerprint density at radius 3 is 2.78 bits per heavy atom. The third-order valence-corrected chi connectivity index (χ3v) is 2.62. The van der Waals surface area contributed by atoms with Gasteiger partial charge in [-0.25, -0.2) is 4.98 Å². The van der Waals surface area contributed by atoms with Crippen LogP contribution in [0.25, 0.3) is 0 Å². The van der Waals surface area contributed by atoms with E-state index >= 15 is 0 Å². The monoisotopic (exact) mass is 324 g/mol. The summed E-state index contributed by atoms with van der Waals surface area (Å²) in [7, 11) is 0. The lowest BCUT2D eigenvalue weighted by molar-refractivity contribution is 0.437. The second kappa shape index (κ2) is 5.36. The molecule has 5 nitrogen and oxygen atoms in total. The number of pyridine rings is 1. The highest BCUT2D eigenvalue weighted by molar-refractivity contribution is 9.10. The summed E-state index contributed by atoms with van der Waals surface area (Å²) >= 11 is 8.18. The number of aromatic nitrogens is 3. The summed E-state index contributed by atoms with van der Waals surface area (Å²) < 4.78 is 6.31. The third kappa shape index (κ3) is 3.21. The number of nitrogens with two attached hydrogens (primary N) is 1. The van der Waals surface area contributed by atoms with Gasteiger partial charge in [-0.3, -0.25) is 4.98 Å². The average Bonchev–Trinajstić information content (AvgIpc) is 2.28. The van der Waals surface area contributed by atoms with Gasteiger partial charge in [0.2, 0.25) is 0 Å². The fourth-order valence-corrected chi connectivity index (χ4v) is 1.72. The normalized spacial score (nSPS) is 10.1. The quantitative estimate of drug-likeness (QED) is 0.874. The minimum absolute atomic E-state index is 0.192. The van der Waals surface area contributed by atoms with Gasteiger partial charge in [0.25, 0.3) is 0 Å². The van der Waals surface area contributed by atoms with Crippen LogP contribution in [-0.2, 0) is 0 Å². The van der Waals surface area contributed by atoms with E-state index in [-0.39, 0.29) is 11.0 Å². The van der Waals surface area contributed by atoms with Crippen molar-refractivity contribution in [1.82, 2.24) is 15.0 Å². The molecule has 0 aliphatic carbocycles. The lowest BCUT2D eigenvalue weighted by atomic mass is 10.3. The van der Waals surface area contributed by atoms with E-state index in [2.05, 4.69) is 30.9 Å². The maximum absolute atomic E-state index is 5.53. The van der Waals surface area contributed by atoms with Crippen molar-refractivity contribution in [3.63, 3.8) is 0 Å². The van der Waals surface area contributed by atoms with Crippen LogP contribution in [0.3, 0.4) is 0 Å². The maximum atomic E-state index is 5.53. The summed E-state index contributed by atoms with van der Waals surface area (Å²) in [4.78, 5) is 12.5. The first kappa shape index (κ1) is 12.8. The lowest BCUT2D eigenvalue weighted by Crippen LogP contribution is -2.13. The molecular formula is C11H9BrN4OS. The van der Waals surface area contributed by atoms with Crippen LogP contribution in [0.2, 0.25) is 0 Å². The predicted octanol–water partition coefficient (Wildman–Crippen LogP) is 2.37. The molecule has 2 heterocycles. The molecule has 7 heteroatoms. The Hall–Kier alpha value is -1.60. The molecule has 18 heavy (non-hydrogen) atoms. The topological polar surface area (TPSA) is 73.9 Å². The van der Waals surface area contributed by atoms with Gasteiger partial charge < -0.3 is 10.5 Å². The summed E-state index contributed by atoms with van der Waals surface area (Å²) in [5.74, 6) is 0.531. The first-order valence-corrected chi connectivity index (χ1v) is 6.18. The first-order chi connectivity index (χ1) is 8.54. The van der Waals surface area contributed by atoms with Crippen LogP contribution in [0.15, 0.2) is 29.0 Å². The number of aryl methyl sites for hydroxylation is 1. The van der Waals surface area contributed by atoms with Gasteiger partial charge in [-0.1, -0.05) is 12.2 Å². The minimum atomic E-state index is 0.192. The first-order valence-electron chi connectivity index (χ1n) is 4.98. The van der Waals surface area contributed by atoms with E-state index in [1.54, 1.807) is 24.5 Å². The van der Waals surface area contributed by atoms with Crippen LogP contribution >= 0.6 is 28.1 Å². The number of rotatable bonds is 3. The Morgan fingerprint density at radius 1 is 1.33 bits per heavy atom. The molecule has 2 aromatic heterocycles. The summed E-state index contributed by atoms with van der Waals surface area (Å²) in [5, 5.41) is 0. The molecule has 0 saturated heterocycles. The molecule has 2 rings (SSSR count). The van der Waals surface area contributed by atoms with Crippen LogP contribution in [0.1, 0.15) is 11.4 Å². The molecule has 0 aliphatic heterocycles. The van der Waals surface area contributed by atoms with Gasteiger partial charge >= 0.3 is 6.01 Å². The van der Waals surface area contributed by atoms with Crippen molar-refractivity contribution in [2.75, 3.05) is 0 Å². The highest BCUT2D eigenvalue weighted by atomic mass is 79.9. The SMILES string of the molecule is Cc1cc(C(N)=S)nc(Oc2cncc(Br)c2)n1. The molecule has 0 bridgehead atoms. The smallest absolute Gasteiger partial charge is 0.322 e. The van der Waals surface area contributed by atoms with Gasteiger partial charge in [0, 0.05) is 16.4 Å². The fourth-order valence-electron chi connectivity index (χ4n) is 1.27. The van der Waals surface area contributed by atoms with Gasteiger partial charge in [-0.05, 0) is 35.0 Å². The molecule has 0 fully saturated rings. The zero-order chi connectivity index (χ0) is 13.1. The molecule has 2 aromatic rings. The number of hydrogen-bond acceptors (Lipinski definition) is 5. The highest BCUT2D eigenvalue weighted by Crippen LogP contribution is 2.20. The Bertz CT molecular complexity index is 605. The number of hydrogen-bond donors (Lipinski definition) is 1. The van der Waals surface area contributed by atoms with Crippen molar-refractivity contribution in [1.29, 1.82) is 0 Å². The Kier molecular flexibility index (Phi) is 3.83. The second-order valence-electron chi connectivity index (χ2n) is 3.48. The molecule has 0 aromatic carbocycles. The number of ether oxygens (including phenoxy) is 1. The number of nitrogens with zero attached hydrogens (tertiary/aromatic N) is 3. The molecule has 0 aliphatic rings. The second-order valence-corrected chi connectivity index (χ2v) is 4.84. The van der Waals surface area contributed by atoms with Gasteiger partial charge in [0.1, 0.15) is 10.7 Å². The predicted molar refractivity (Wildman–Crippen MR) is 74.7 cm³/mol. The van der Waals surface area contributed by atoms with Crippen molar-refractivity contribution in [2.24, 2.45) is 5.73 Å². The van der Waals surface area contributed by atoms with Crippen molar-refractivity contribution < 1.29 is 4.74 Å². The van der Waals surface area contributed by atoms with E-state index in [4.69, 9.17) is 22.7 Å². The maximum Gasteiger partial charge on any atom is 0.322 e. The van der Waals surface area contributed by atoms with Gasteiger partial charge in [-0.2, -0.15) is 4.98 Å². The standard InChI is InChI=1S/C11H9BrN4OS/c1-6-2-9(10(13)18)16-11(15-6)17-8-3-7(12)4-14-5-8/h2-5H,1H3,(H2,13,18). The fraction of sp³-hybridized carbons (Fsp3) is 0.0909. The van der Waals surface area contributed by atoms with Crippen molar-refractivity contribution in [2.45, 2.75) is 6.92 Å². The largest absolute Gasteiger partial charge is 0.423 e. The van der Waals surface area contributed by atoms with Crippen LogP contribution in [-0.4, -0.2) is 19.9 Å².